The molecule has 0 aliphatic heterocycles. The predicted molar refractivity (Wildman–Crippen MR) is 68.8 cm³/mol. The monoisotopic (exact) mass is 242 g/mol. The third kappa shape index (κ3) is 2.71. The number of nitrogens with zero attached hydrogens (tertiary/aromatic N) is 2. The molecule has 0 bridgehead atoms. The highest BCUT2D eigenvalue weighted by Crippen LogP contribution is 2.21. The Morgan fingerprint density at radius 3 is 2.56 bits per heavy atom. The van der Waals surface area contributed by atoms with E-state index in [2.05, 4.69) is 9.97 Å². The van der Waals surface area contributed by atoms with Crippen LogP contribution in [0.4, 0.5) is 0 Å². The third-order valence-corrected chi connectivity index (χ3v) is 2.44. The molecule has 0 atom stereocenters. The molecule has 4 heteroatoms. The number of aldehydes is 1. The van der Waals surface area contributed by atoms with Crippen molar-refractivity contribution >= 4 is 6.29 Å². The summed E-state index contributed by atoms with van der Waals surface area (Å²) in [5, 5.41) is 0. The van der Waals surface area contributed by atoms with Gasteiger partial charge in [-0.15, -0.1) is 0 Å². The summed E-state index contributed by atoms with van der Waals surface area (Å²) in [4.78, 5) is 18.9. The van der Waals surface area contributed by atoms with E-state index in [0.717, 1.165) is 22.7 Å². The van der Waals surface area contributed by atoms with Crippen molar-refractivity contribution in [2.45, 2.75) is 13.8 Å². The zero-order valence-electron chi connectivity index (χ0n) is 10.4. The Balaban J connectivity index is 2.35. The van der Waals surface area contributed by atoms with Crippen molar-refractivity contribution in [2.24, 2.45) is 0 Å². The van der Waals surface area contributed by atoms with Gasteiger partial charge in [0.2, 0.25) is 0 Å². The molecule has 0 amide bonds. The topological polar surface area (TPSA) is 52.1 Å². The molecule has 4 nitrogen and oxygen atoms in total. The Kier molecular flexibility index (Phi) is 3.67. The van der Waals surface area contributed by atoms with E-state index in [-0.39, 0.29) is 5.82 Å². The maximum atomic E-state index is 10.7. The van der Waals surface area contributed by atoms with Crippen LogP contribution in [0.5, 0.6) is 5.75 Å². The van der Waals surface area contributed by atoms with Crippen LogP contribution in [0.15, 0.2) is 30.3 Å². The molecule has 0 saturated heterocycles. The van der Waals surface area contributed by atoms with Crippen molar-refractivity contribution in [3.05, 3.63) is 41.9 Å². The normalized spacial score (nSPS) is 10.1. The maximum absolute atomic E-state index is 10.7. The molecule has 0 N–H and O–H groups in total. The molecule has 1 heterocycles. The first-order valence-corrected chi connectivity index (χ1v) is 5.77. The Hall–Kier alpha value is -2.23. The molecule has 1 aromatic carbocycles. The Bertz CT molecular complexity index is 550. The number of rotatable bonds is 4. The standard InChI is InChI=1S/C14H14N2O2/c1-3-18-12-6-4-11(5-7-12)13-8-10(2)15-14(9-17)16-13/h4-9H,3H2,1-2H3. The van der Waals surface area contributed by atoms with Crippen LogP contribution < -0.4 is 4.74 Å². The van der Waals surface area contributed by atoms with Gasteiger partial charge in [0.15, 0.2) is 12.1 Å². The Morgan fingerprint density at radius 2 is 1.94 bits per heavy atom. The highest BCUT2D eigenvalue weighted by Gasteiger charge is 2.04. The van der Waals surface area contributed by atoms with E-state index < -0.39 is 0 Å². The second-order valence-corrected chi connectivity index (χ2v) is 3.83. The molecule has 92 valence electrons. The molecule has 0 aliphatic rings. The minimum atomic E-state index is 0.207. The SMILES string of the molecule is CCOc1ccc(-c2cc(C)nc(C=O)n2)cc1. The number of carbonyl (C=O) groups excluding carboxylic acids is 1. The lowest BCUT2D eigenvalue weighted by molar-refractivity contribution is 0.111. The van der Waals surface area contributed by atoms with Crippen LogP contribution >= 0.6 is 0 Å². The summed E-state index contributed by atoms with van der Waals surface area (Å²) in [5.74, 6) is 1.03. The Labute approximate surface area is 106 Å². The highest BCUT2D eigenvalue weighted by molar-refractivity contribution is 5.71. The van der Waals surface area contributed by atoms with Crippen LogP contribution in [0, 0.1) is 6.92 Å². The molecule has 18 heavy (non-hydrogen) atoms. The number of aryl methyl sites for hydroxylation is 1. The largest absolute Gasteiger partial charge is 0.494 e. The lowest BCUT2D eigenvalue weighted by Gasteiger charge is -2.05. The van der Waals surface area contributed by atoms with Gasteiger partial charge in [0, 0.05) is 11.3 Å². The van der Waals surface area contributed by atoms with Crippen molar-refractivity contribution in [3.63, 3.8) is 0 Å². The van der Waals surface area contributed by atoms with Gasteiger partial charge >= 0.3 is 0 Å². The van der Waals surface area contributed by atoms with Gasteiger partial charge in [0.05, 0.1) is 12.3 Å². The average molecular weight is 242 g/mol. The first kappa shape index (κ1) is 12.2. The molecule has 0 aliphatic carbocycles. The van der Waals surface area contributed by atoms with E-state index in [0.29, 0.717) is 12.9 Å². The van der Waals surface area contributed by atoms with Gasteiger partial charge in [-0.3, -0.25) is 4.79 Å². The summed E-state index contributed by atoms with van der Waals surface area (Å²) in [6, 6.07) is 9.46. The molecule has 0 spiro atoms. The average Bonchev–Trinajstić information content (AvgIpc) is 2.39. The van der Waals surface area contributed by atoms with E-state index in [1.165, 1.54) is 0 Å². The van der Waals surface area contributed by atoms with E-state index in [1.54, 1.807) is 0 Å². The minimum absolute atomic E-state index is 0.207. The number of ether oxygens (including phenoxy) is 1. The second kappa shape index (κ2) is 5.40. The van der Waals surface area contributed by atoms with Gasteiger partial charge in [-0.1, -0.05) is 0 Å². The zero-order valence-corrected chi connectivity index (χ0v) is 10.4. The molecule has 2 rings (SSSR count). The molecule has 0 fully saturated rings. The van der Waals surface area contributed by atoms with Crippen LogP contribution in [0.2, 0.25) is 0 Å². The zero-order chi connectivity index (χ0) is 13.0. The minimum Gasteiger partial charge on any atom is -0.494 e. The number of carbonyl (C=O) groups is 1. The highest BCUT2D eigenvalue weighted by atomic mass is 16.5. The fraction of sp³-hybridized carbons (Fsp3) is 0.214. The molecular weight excluding hydrogens is 228 g/mol. The maximum Gasteiger partial charge on any atom is 0.193 e. The fourth-order valence-corrected chi connectivity index (χ4v) is 1.68. The molecular formula is C14H14N2O2. The van der Waals surface area contributed by atoms with E-state index in [1.807, 2.05) is 44.2 Å². The first-order chi connectivity index (χ1) is 8.72. The quantitative estimate of drug-likeness (QED) is 0.773. The first-order valence-electron chi connectivity index (χ1n) is 5.77. The molecule has 0 saturated carbocycles. The molecule has 0 radical (unpaired) electrons. The molecule has 1 aromatic heterocycles. The van der Waals surface area contributed by atoms with Gasteiger partial charge in [0.25, 0.3) is 0 Å². The van der Waals surface area contributed by atoms with Gasteiger partial charge in [0.1, 0.15) is 5.75 Å². The van der Waals surface area contributed by atoms with Gasteiger partial charge in [-0.2, -0.15) is 0 Å². The van der Waals surface area contributed by atoms with Crippen molar-refractivity contribution in [1.82, 2.24) is 9.97 Å². The van der Waals surface area contributed by atoms with Crippen LogP contribution in [-0.2, 0) is 0 Å². The summed E-state index contributed by atoms with van der Waals surface area (Å²) in [5.41, 5.74) is 2.45. The smallest absolute Gasteiger partial charge is 0.193 e. The lowest BCUT2D eigenvalue weighted by Crippen LogP contribution is -1.97. The number of aromatic nitrogens is 2. The lowest BCUT2D eigenvalue weighted by atomic mass is 10.1. The summed E-state index contributed by atoms with van der Waals surface area (Å²) in [6.07, 6.45) is 0.658. The van der Waals surface area contributed by atoms with Crippen molar-refractivity contribution in [2.75, 3.05) is 6.61 Å². The van der Waals surface area contributed by atoms with E-state index >= 15 is 0 Å². The number of hydrogen-bond acceptors (Lipinski definition) is 4. The predicted octanol–water partition coefficient (Wildman–Crippen LogP) is 2.66. The van der Waals surface area contributed by atoms with Crippen LogP contribution in [0.3, 0.4) is 0 Å². The van der Waals surface area contributed by atoms with E-state index in [9.17, 15) is 4.79 Å². The van der Waals surface area contributed by atoms with Crippen molar-refractivity contribution in [3.8, 4) is 17.0 Å². The van der Waals surface area contributed by atoms with Crippen molar-refractivity contribution < 1.29 is 9.53 Å². The number of hydrogen-bond donors (Lipinski definition) is 0. The summed E-state index contributed by atoms with van der Waals surface area (Å²) in [7, 11) is 0. The summed E-state index contributed by atoms with van der Waals surface area (Å²) >= 11 is 0. The fourth-order valence-electron chi connectivity index (χ4n) is 1.68. The van der Waals surface area contributed by atoms with Crippen LogP contribution in [0.25, 0.3) is 11.3 Å². The third-order valence-electron chi connectivity index (χ3n) is 2.44. The van der Waals surface area contributed by atoms with Crippen LogP contribution in [-0.4, -0.2) is 22.9 Å². The van der Waals surface area contributed by atoms with Gasteiger partial charge < -0.3 is 4.74 Å². The van der Waals surface area contributed by atoms with Gasteiger partial charge in [-0.25, -0.2) is 9.97 Å². The number of benzene rings is 1. The van der Waals surface area contributed by atoms with Crippen molar-refractivity contribution in [1.29, 1.82) is 0 Å². The summed E-state index contributed by atoms with van der Waals surface area (Å²) in [6.45, 7) is 4.42. The summed E-state index contributed by atoms with van der Waals surface area (Å²) < 4.78 is 5.38. The second-order valence-electron chi connectivity index (χ2n) is 3.83. The Morgan fingerprint density at radius 1 is 1.22 bits per heavy atom. The molecule has 0 unspecified atom stereocenters. The molecule has 2 aromatic rings. The van der Waals surface area contributed by atoms with Gasteiger partial charge in [-0.05, 0) is 44.2 Å². The van der Waals surface area contributed by atoms with Crippen LogP contribution in [0.1, 0.15) is 23.2 Å². The van der Waals surface area contributed by atoms with E-state index in [4.69, 9.17) is 4.74 Å².